The van der Waals surface area contributed by atoms with Crippen molar-refractivity contribution in [1.82, 2.24) is 0 Å². The standard InChI is InChI=1S/C42H76O7P/c1-3-5-7-9-11-13-15-17-19-21-23-25-30-34-41(43)48-37-39(40(50(45,46)47)36-38-32-28-27-29-33-38)49-42(44)35-31-26-24-22-20-18-16-14-12-10-8-6-4-2/h27-29,32-33,39-40,45-47H,3-26,30-31,34-37H2,1-2H3/q+1/t39?,40-/m1/s1. The van der Waals surface area contributed by atoms with E-state index < -0.39 is 31.6 Å². The lowest BCUT2D eigenvalue weighted by Gasteiger charge is -2.26. The fourth-order valence-corrected chi connectivity index (χ4v) is 7.65. The van der Waals surface area contributed by atoms with Crippen LogP contribution < -0.4 is 0 Å². The zero-order chi connectivity index (χ0) is 36.5. The van der Waals surface area contributed by atoms with Crippen molar-refractivity contribution in [3.63, 3.8) is 0 Å². The zero-order valence-corrected chi connectivity index (χ0v) is 33.1. The van der Waals surface area contributed by atoms with Gasteiger partial charge in [0.2, 0.25) is 0 Å². The smallest absolute Gasteiger partial charge is 0.411 e. The molecule has 1 aromatic carbocycles. The average Bonchev–Trinajstić information content (AvgIpc) is 3.09. The quantitative estimate of drug-likeness (QED) is 0.0363. The minimum atomic E-state index is -4.44. The highest BCUT2D eigenvalue weighted by Gasteiger charge is 2.50. The maximum atomic E-state index is 12.9. The Balaban J connectivity index is 2.42. The van der Waals surface area contributed by atoms with E-state index in [4.69, 9.17) is 9.47 Å². The molecule has 1 aromatic rings. The number of benzene rings is 1. The number of esters is 2. The van der Waals surface area contributed by atoms with Crippen molar-refractivity contribution in [3.05, 3.63) is 35.9 Å². The molecule has 0 heterocycles. The van der Waals surface area contributed by atoms with Crippen molar-refractivity contribution in [2.45, 2.75) is 212 Å². The lowest BCUT2D eigenvalue weighted by atomic mass is 10.0. The molecule has 1 unspecified atom stereocenters. The van der Waals surface area contributed by atoms with Crippen LogP contribution in [0, 0.1) is 0 Å². The summed E-state index contributed by atoms with van der Waals surface area (Å²) in [6.07, 6.45) is 30.9. The number of rotatable bonds is 35. The van der Waals surface area contributed by atoms with Gasteiger partial charge in [-0.05, 0) is 18.4 Å². The zero-order valence-electron chi connectivity index (χ0n) is 32.2. The minimum absolute atomic E-state index is 0.0746. The fraction of sp³-hybridized carbons (Fsp3) is 0.810. The summed E-state index contributed by atoms with van der Waals surface area (Å²) in [5, 5.41) is 0. The molecule has 0 saturated heterocycles. The van der Waals surface area contributed by atoms with Gasteiger partial charge in [0.25, 0.3) is 0 Å². The summed E-state index contributed by atoms with van der Waals surface area (Å²) in [4.78, 5) is 56.8. The summed E-state index contributed by atoms with van der Waals surface area (Å²) in [6.45, 7) is 4.18. The van der Waals surface area contributed by atoms with E-state index in [0.29, 0.717) is 6.42 Å². The number of carbonyl (C=O) groups excluding carboxylic acids is 2. The van der Waals surface area contributed by atoms with E-state index in [1.165, 1.54) is 122 Å². The third-order valence-electron chi connectivity index (χ3n) is 9.82. The van der Waals surface area contributed by atoms with E-state index >= 15 is 0 Å². The van der Waals surface area contributed by atoms with Gasteiger partial charge in [-0.3, -0.25) is 9.59 Å². The Morgan fingerprint density at radius 1 is 0.540 bits per heavy atom. The summed E-state index contributed by atoms with van der Waals surface area (Å²) in [5.74, 6) is -0.876. The van der Waals surface area contributed by atoms with Crippen LogP contribution in [0.15, 0.2) is 30.3 Å². The van der Waals surface area contributed by atoms with Crippen LogP contribution in [0.1, 0.15) is 199 Å². The molecule has 7 nitrogen and oxygen atoms in total. The predicted octanol–water partition coefficient (Wildman–Crippen LogP) is 11.8. The average molecular weight is 724 g/mol. The number of carbonyl (C=O) groups is 2. The van der Waals surface area contributed by atoms with E-state index in [1.54, 1.807) is 0 Å². The number of hydrogen-bond acceptors (Lipinski definition) is 7. The Kier molecular flexibility index (Phi) is 29.9. The van der Waals surface area contributed by atoms with Gasteiger partial charge in [0.1, 0.15) is 6.61 Å². The van der Waals surface area contributed by atoms with Gasteiger partial charge < -0.3 is 9.47 Å². The molecule has 290 valence electrons. The molecular formula is C42H76O7P+. The molecule has 3 N–H and O–H groups in total. The summed E-state index contributed by atoms with van der Waals surface area (Å²) in [5.41, 5.74) is -0.431. The molecule has 8 heteroatoms. The van der Waals surface area contributed by atoms with Crippen LogP contribution in [0.4, 0.5) is 0 Å². The van der Waals surface area contributed by atoms with Gasteiger partial charge in [-0.25, -0.2) is 0 Å². The molecule has 0 aliphatic heterocycles. The molecule has 2 atom stereocenters. The predicted molar refractivity (Wildman–Crippen MR) is 209 cm³/mol. The molecule has 0 aromatic heterocycles. The Hall–Kier alpha value is -1.53. The van der Waals surface area contributed by atoms with E-state index in [-0.39, 0.29) is 25.9 Å². The van der Waals surface area contributed by atoms with Crippen LogP contribution in [0.5, 0.6) is 0 Å². The third kappa shape index (κ3) is 27.2. The first-order chi connectivity index (χ1) is 24.3. The third-order valence-corrected chi connectivity index (χ3v) is 11.2. The van der Waals surface area contributed by atoms with Crippen LogP contribution in [-0.4, -0.2) is 45.0 Å². The van der Waals surface area contributed by atoms with E-state index in [0.717, 1.165) is 44.1 Å². The maximum Gasteiger partial charge on any atom is 0.411 e. The first kappa shape index (κ1) is 46.5. The normalized spacial score (nSPS) is 12.9. The second-order valence-electron chi connectivity index (χ2n) is 14.6. The molecule has 0 spiro atoms. The highest BCUT2D eigenvalue weighted by Crippen LogP contribution is 2.53. The van der Waals surface area contributed by atoms with Crippen molar-refractivity contribution in [3.8, 4) is 0 Å². The highest BCUT2D eigenvalue weighted by molar-refractivity contribution is 7.59. The molecule has 1 rings (SSSR count). The molecular weight excluding hydrogens is 647 g/mol. The Morgan fingerprint density at radius 2 is 0.900 bits per heavy atom. The van der Waals surface area contributed by atoms with Crippen molar-refractivity contribution < 1.29 is 33.7 Å². The molecule has 0 radical (unpaired) electrons. The van der Waals surface area contributed by atoms with E-state index in [2.05, 4.69) is 13.8 Å². The largest absolute Gasteiger partial charge is 0.462 e. The molecule has 0 aliphatic carbocycles. The first-order valence-electron chi connectivity index (χ1n) is 20.7. The van der Waals surface area contributed by atoms with Crippen molar-refractivity contribution >= 4 is 19.9 Å². The molecule has 0 fully saturated rings. The molecule has 0 aliphatic rings. The van der Waals surface area contributed by atoms with Gasteiger partial charge in [-0.2, -0.15) is 14.7 Å². The minimum Gasteiger partial charge on any atom is -0.462 e. The van der Waals surface area contributed by atoms with Crippen molar-refractivity contribution in [1.29, 1.82) is 0 Å². The fourth-order valence-electron chi connectivity index (χ4n) is 6.61. The molecule has 0 bridgehead atoms. The maximum absolute atomic E-state index is 12.9. The van der Waals surface area contributed by atoms with Crippen LogP contribution >= 0.6 is 7.94 Å². The SMILES string of the molecule is CCCCCCCCCCCCCCCC(=O)OCC(OC(=O)CCCCCCCCCCCCCCC)[C@@H](Cc1ccccc1)[P+](O)(O)O. The van der Waals surface area contributed by atoms with Crippen LogP contribution in [0.25, 0.3) is 0 Å². The van der Waals surface area contributed by atoms with Gasteiger partial charge in [-0.15, -0.1) is 0 Å². The lowest BCUT2D eigenvalue weighted by molar-refractivity contribution is -0.159. The Bertz CT molecular complexity index is 920. The molecule has 50 heavy (non-hydrogen) atoms. The van der Waals surface area contributed by atoms with Gasteiger partial charge in [0.15, 0.2) is 11.8 Å². The topological polar surface area (TPSA) is 113 Å². The summed E-state index contributed by atoms with van der Waals surface area (Å²) in [6, 6.07) is 9.13. The van der Waals surface area contributed by atoms with E-state index in [1.807, 2.05) is 30.3 Å². The Morgan fingerprint density at radius 3 is 1.28 bits per heavy atom. The lowest BCUT2D eigenvalue weighted by Crippen LogP contribution is -2.39. The Labute approximate surface area is 307 Å². The first-order valence-corrected chi connectivity index (χ1v) is 22.5. The molecule has 0 saturated carbocycles. The number of hydrogen-bond donors (Lipinski definition) is 3. The number of unbranched alkanes of at least 4 members (excludes halogenated alkanes) is 24. The van der Waals surface area contributed by atoms with Crippen LogP contribution in [-0.2, 0) is 25.5 Å². The second kappa shape index (κ2) is 32.1. The summed E-state index contributed by atoms with van der Waals surface area (Å²) in [7, 11) is -4.44. The second-order valence-corrected chi connectivity index (χ2v) is 16.5. The van der Waals surface area contributed by atoms with Crippen LogP contribution in [0.2, 0.25) is 0 Å². The highest BCUT2D eigenvalue weighted by atomic mass is 31.2. The van der Waals surface area contributed by atoms with Gasteiger partial charge in [-0.1, -0.05) is 198 Å². The van der Waals surface area contributed by atoms with Crippen molar-refractivity contribution in [2.24, 2.45) is 0 Å². The van der Waals surface area contributed by atoms with Crippen LogP contribution in [0.3, 0.4) is 0 Å². The van der Waals surface area contributed by atoms with Gasteiger partial charge in [0.05, 0.1) is 0 Å². The molecule has 0 amide bonds. The van der Waals surface area contributed by atoms with Gasteiger partial charge in [0, 0.05) is 19.3 Å². The van der Waals surface area contributed by atoms with Crippen molar-refractivity contribution in [2.75, 3.05) is 6.61 Å². The summed E-state index contributed by atoms with van der Waals surface area (Å²) >= 11 is 0. The number of ether oxygens (including phenoxy) is 2. The van der Waals surface area contributed by atoms with Gasteiger partial charge >= 0.3 is 19.9 Å². The monoisotopic (exact) mass is 724 g/mol. The summed E-state index contributed by atoms with van der Waals surface area (Å²) < 4.78 is 11.2. The van der Waals surface area contributed by atoms with E-state index in [9.17, 15) is 24.3 Å².